The summed E-state index contributed by atoms with van der Waals surface area (Å²) in [6, 6.07) is 1.84. The van der Waals surface area contributed by atoms with Gasteiger partial charge in [0.05, 0.1) is 11.4 Å². The van der Waals surface area contributed by atoms with Gasteiger partial charge < -0.3 is 5.73 Å². The van der Waals surface area contributed by atoms with Crippen molar-refractivity contribution in [3.05, 3.63) is 28.8 Å². The summed E-state index contributed by atoms with van der Waals surface area (Å²) in [5.74, 6) is 0.292. The number of carbonyl (C=O) groups is 1. The number of anilines is 2. The van der Waals surface area contributed by atoms with Crippen molar-refractivity contribution in [3.8, 4) is 0 Å². The number of aromatic nitrogens is 4. The fourth-order valence-electron chi connectivity index (χ4n) is 2.16. The van der Waals surface area contributed by atoms with E-state index in [0.717, 1.165) is 29.9 Å². The maximum absolute atomic E-state index is 12.2. The molecule has 7 nitrogen and oxygen atoms in total. The average molecular weight is 272 g/mol. The molecule has 1 fully saturated rings. The first-order chi connectivity index (χ1) is 9.54. The lowest BCUT2D eigenvalue weighted by molar-refractivity contribution is 0.102. The summed E-state index contributed by atoms with van der Waals surface area (Å²) in [5, 5.41) is 9.48. The van der Waals surface area contributed by atoms with Gasteiger partial charge in [0.25, 0.3) is 5.91 Å². The van der Waals surface area contributed by atoms with Crippen LogP contribution in [0, 0.1) is 13.8 Å². The van der Waals surface area contributed by atoms with Gasteiger partial charge in [0, 0.05) is 17.3 Å². The number of nitrogens with zero attached hydrogens (tertiary/aromatic N) is 3. The summed E-state index contributed by atoms with van der Waals surface area (Å²) in [6.45, 7) is 3.69. The first kappa shape index (κ1) is 12.6. The third-order valence-electron chi connectivity index (χ3n) is 3.24. The SMILES string of the molecule is Cc1cc(C)nc(NC(=O)c2n[nH]c(C3CC3)c2N)n1. The number of carbonyl (C=O) groups excluding carboxylic acids is 1. The monoisotopic (exact) mass is 272 g/mol. The summed E-state index contributed by atoms with van der Waals surface area (Å²) in [6.07, 6.45) is 2.18. The second-order valence-corrected chi connectivity index (χ2v) is 5.10. The fourth-order valence-corrected chi connectivity index (χ4v) is 2.16. The Bertz CT molecular complexity index is 653. The predicted molar refractivity (Wildman–Crippen MR) is 74.4 cm³/mol. The number of nitrogens with two attached hydrogens (primary N) is 1. The van der Waals surface area contributed by atoms with Crippen LogP contribution in [-0.2, 0) is 0 Å². The van der Waals surface area contributed by atoms with Crippen molar-refractivity contribution in [2.75, 3.05) is 11.1 Å². The van der Waals surface area contributed by atoms with Crippen LogP contribution in [0.15, 0.2) is 6.07 Å². The molecule has 0 atom stereocenters. The number of rotatable bonds is 3. The minimum atomic E-state index is -0.393. The van der Waals surface area contributed by atoms with E-state index in [1.54, 1.807) is 0 Å². The smallest absolute Gasteiger partial charge is 0.280 e. The van der Waals surface area contributed by atoms with Gasteiger partial charge in [-0.1, -0.05) is 0 Å². The Morgan fingerprint density at radius 3 is 2.60 bits per heavy atom. The first-order valence-electron chi connectivity index (χ1n) is 6.52. The Morgan fingerprint density at radius 2 is 2.00 bits per heavy atom. The number of amides is 1. The zero-order valence-corrected chi connectivity index (χ0v) is 11.4. The number of nitrogen functional groups attached to an aromatic ring is 1. The third-order valence-corrected chi connectivity index (χ3v) is 3.24. The highest BCUT2D eigenvalue weighted by Gasteiger charge is 2.30. The van der Waals surface area contributed by atoms with Gasteiger partial charge in [-0.05, 0) is 32.8 Å². The van der Waals surface area contributed by atoms with Crippen molar-refractivity contribution in [3.63, 3.8) is 0 Å². The first-order valence-corrected chi connectivity index (χ1v) is 6.52. The van der Waals surface area contributed by atoms with Crippen LogP contribution in [0.4, 0.5) is 11.6 Å². The van der Waals surface area contributed by atoms with Crippen LogP contribution < -0.4 is 11.1 Å². The number of nitrogens with one attached hydrogen (secondary N) is 2. The lowest BCUT2D eigenvalue weighted by Crippen LogP contribution is -2.16. The summed E-state index contributed by atoms with van der Waals surface area (Å²) < 4.78 is 0. The number of aromatic amines is 1. The van der Waals surface area contributed by atoms with Crippen molar-refractivity contribution in [1.29, 1.82) is 0 Å². The molecule has 0 spiro atoms. The van der Waals surface area contributed by atoms with Gasteiger partial charge in [-0.15, -0.1) is 0 Å². The van der Waals surface area contributed by atoms with Crippen LogP contribution in [0.1, 0.15) is 46.3 Å². The highest BCUT2D eigenvalue weighted by molar-refractivity contribution is 6.05. The van der Waals surface area contributed by atoms with E-state index < -0.39 is 5.91 Å². The maximum atomic E-state index is 12.2. The molecule has 3 rings (SSSR count). The van der Waals surface area contributed by atoms with Crippen LogP contribution in [0.2, 0.25) is 0 Å². The highest BCUT2D eigenvalue weighted by Crippen LogP contribution is 2.42. The topological polar surface area (TPSA) is 110 Å². The molecule has 1 aliphatic rings. The molecule has 104 valence electrons. The van der Waals surface area contributed by atoms with Crippen molar-refractivity contribution < 1.29 is 4.79 Å². The second kappa shape index (κ2) is 4.59. The van der Waals surface area contributed by atoms with Crippen molar-refractivity contribution in [2.45, 2.75) is 32.6 Å². The van der Waals surface area contributed by atoms with Crippen molar-refractivity contribution in [1.82, 2.24) is 20.2 Å². The van der Waals surface area contributed by atoms with E-state index in [4.69, 9.17) is 5.73 Å². The lowest BCUT2D eigenvalue weighted by Gasteiger charge is -2.04. The molecule has 0 radical (unpaired) electrons. The molecule has 20 heavy (non-hydrogen) atoms. The van der Waals surface area contributed by atoms with Gasteiger partial charge >= 0.3 is 0 Å². The summed E-state index contributed by atoms with van der Waals surface area (Å²) in [4.78, 5) is 20.5. The van der Waals surface area contributed by atoms with E-state index in [1.165, 1.54) is 0 Å². The molecule has 0 aromatic carbocycles. The summed E-state index contributed by atoms with van der Waals surface area (Å²) >= 11 is 0. The van der Waals surface area contributed by atoms with Crippen LogP contribution in [-0.4, -0.2) is 26.1 Å². The minimum Gasteiger partial charge on any atom is -0.395 e. The predicted octanol–water partition coefficient (Wildman–Crippen LogP) is 1.53. The number of aryl methyl sites for hydroxylation is 2. The van der Waals surface area contributed by atoms with Crippen LogP contribution in [0.25, 0.3) is 0 Å². The Hall–Kier alpha value is -2.44. The van der Waals surface area contributed by atoms with E-state index in [9.17, 15) is 4.79 Å². The largest absolute Gasteiger partial charge is 0.395 e. The molecule has 1 aliphatic carbocycles. The molecule has 0 saturated heterocycles. The Morgan fingerprint density at radius 1 is 1.35 bits per heavy atom. The van der Waals surface area contributed by atoms with Crippen molar-refractivity contribution in [2.24, 2.45) is 0 Å². The van der Waals surface area contributed by atoms with Gasteiger partial charge in [0.15, 0.2) is 5.69 Å². The molecule has 2 aromatic heterocycles. The second-order valence-electron chi connectivity index (χ2n) is 5.10. The molecular weight excluding hydrogens is 256 g/mol. The van der Waals surface area contributed by atoms with Gasteiger partial charge in [0.1, 0.15) is 0 Å². The molecule has 1 saturated carbocycles. The van der Waals surface area contributed by atoms with E-state index in [-0.39, 0.29) is 11.6 Å². The standard InChI is InChI=1S/C13H16N6O/c1-6-5-7(2)16-13(15-6)17-12(20)11-9(14)10(18-19-11)8-3-4-8/h5,8H,3-4,14H2,1-2H3,(H,18,19)(H,15,16,17,20). The van der Waals surface area contributed by atoms with E-state index in [1.807, 2.05) is 19.9 Å². The molecule has 0 aliphatic heterocycles. The van der Waals surface area contributed by atoms with E-state index in [2.05, 4.69) is 25.5 Å². The van der Waals surface area contributed by atoms with Gasteiger partial charge in [0.2, 0.25) is 5.95 Å². The van der Waals surface area contributed by atoms with Crippen molar-refractivity contribution >= 4 is 17.5 Å². The number of hydrogen-bond donors (Lipinski definition) is 3. The Balaban J connectivity index is 1.82. The molecule has 0 bridgehead atoms. The lowest BCUT2D eigenvalue weighted by atomic mass is 10.2. The van der Waals surface area contributed by atoms with E-state index in [0.29, 0.717) is 11.6 Å². The molecule has 2 aromatic rings. The Labute approximate surface area is 116 Å². The summed E-state index contributed by atoms with van der Waals surface area (Å²) in [7, 11) is 0. The minimum absolute atomic E-state index is 0.203. The maximum Gasteiger partial charge on any atom is 0.280 e. The zero-order valence-electron chi connectivity index (χ0n) is 11.4. The summed E-state index contributed by atoms with van der Waals surface area (Å²) in [5.41, 5.74) is 9.04. The normalized spacial score (nSPS) is 14.3. The molecule has 1 amide bonds. The quantitative estimate of drug-likeness (QED) is 0.784. The Kier molecular flexibility index (Phi) is 2.89. The average Bonchev–Trinajstić information content (AvgIpc) is 3.11. The fraction of sp³-hybridized carbons (Fsp3) is 0.385. The van der Waals surface area contributed by atoms with Gasteiger partial charge in [-0.25, -0.2) is 9.97 Å². The number of hydrogen-bond acceptors (Lipinski definition) is 5. The molecule has 2 heterocycles. The molecule has 7 heteroatoms. The van der Waals surface area contributed by atoms with Gasteiger partial charge in [-0.3, -0.25) is 15.2 Å². The van der Waals surface area contributed by atoms with Crippen LogP contribution in [0.5, 0.6) is 0 Å². The third kappa shape index (κ3) is 2.34. The van der Waals surface area contributed by atoms with E-state index >= 15 is 0 Å². The molecule has 4 N–H and O–H groups in total. The zero-order chi connectivity index (χ0) is 14.3. The van der Waals surface area contributed by atoms with Crippen LogP contribution >= 0.6 is 0 Å². The number of H-pyrrole nitrogens is 1. The highest BCUT2D eigenvalue weighted by atomic mass is 16.2. The van der Waals surface area contributed by atoms with Crippen LogP contribution in [0.3, 0.4) is 0 Å². The van der Waals surface area contributed by atoms with Gasteiger partial charge in [-0.2, -0.15) is 5.10 Å². The molecule has 0 unspecified atom stereocenters. The molecular formula is C13H16N6O.